The van der Waals surface area contributed by atoms with Crippen molar-refractivity contribution in [1.82, 2.24) is 4.98 Å². The van der Waals surface area contributed by atoms with Crippen molar-refractivity contribution in [3.8, 4) is 5.75 Å². The third-order valence-electron chi connectivity index (χ3n) is 4.26. The highest BCUT2D eigenvalue weighted by atomic mass is 32.1. The molecule has 126 valence electrons. The van der Waals surface area contributed by atoms with Gasteiger partial charge >= 0.3 is 0 Å². The van der Waals surface area contributed by atoms with E-state index in [1.807, 2.05) is 59.7 Å². The van der Waals surface area contributed by atoms with Gasteiger partial charge in [-0.3, -0.25) is 4.79 Å². The molecule has 3 aromatic rings. The van der Waals surface area contributed by atoms with Crippen LogP contribution in [0.25, 0.3) is 0 Å². The molecule has 1 aliphatic rings. The number of carbonyl (C=O) groups is 1. The van der Waals surface area contributed by atoms with Gasteiger partial charge in [-0.05, 0) is 49.2 Å². The normalized spacial score (nSPS) is 12.9. The lowest BCUT2D eigenvalue weighted by molar-refractivity contribution is 0.0989. The van der Waals surface area contributed by atoms with Gasteiger partial charge in [0.2, 0.25) is 0 Å². The largest absolute Gasteiger partial charge is 0.486 e. The highest BCUT2D eigenvalue weighted by molar-refractivity contribution is 7.09. The zero-order chi connectivity index (χ0) is 17.2. The SMILES string of the molecule is Cc1csc(COc2ccc(C(=O)N3CCc4ccccc43)cc2)n1. The molecule has 1 aromatic heterocycles. The second-order valence-electron chi connectivity index (χ2n) is 6.03. The number of carbonyl (C=O) groups excluding carboxylic acids is 1. The van der Waals surface area contributed by atoms with Gasteiger partial charge in [0.05, 0.1) is 0 Å². The van der Waals surface area contributed by atoms with E-state index in [0.29, 0.717) is 12.2 Å². The molecule has 2 aromatic carbocycles. The van der Waals surface area contributed by atoms with Crippen molar-refractivity contribution >= 4 is 22.9 Å². The summed E-state index contributed by atoms with van der Waals surface area (Å²) in [5.41, 5.74) is 3.94. The van der Waals surface area contributed by atoms with Crippen LogP contribution in [0.15, 0.2) is 53.9 Å². The lowest BCUT2D eigenvalue weighted by Gasteiger charge is -2.17. The Kier molecular flexibility index (Phi) is 4.24. The van der Waals surface area contributed by atoms with Gasteiger partial charge in [-0.1, -0.05) is 18.2 Å². The number of amides is 1. The number of nitrogens with zero attached hydrogens (tertiary/aromatic N) is 2. The molecule has 0 fully saturated rings. The van der Waals surface area contributed by atoms with E-state index in [-0.39, 0.29) is 5.91 Å². The zero-order valence-corrected chi connectivity index (χ0v) is 14.8. The van der Waals surface area contributed by atoms with Crippen LogP contribution in [0.4, 0.5) is 5.69 Å². The minimum absolute atomic E-state index is 0.0343. The van der Waals surface area contributed by atoms with Crippen LogP contribution < -0.4 is 9.64 Å². The van der Waals surface area contributed by atoms with Crippen molar-refractivity contribution < 1.29 is 9.53 Å². The van der Waals surface area contributed by atoms with Gasteiger partial charge in [-0.15, -0.1) is 11.3 Å². The van der Waals surface area contributed by atoms with E-state index in [1.54, 1.807) is 11.3 Å². The fraction of sp³-hybridized carbons (Fsp3) is 0.200. The third-order valence-corrected chi connectivity index (χ3v) is 5.20. The van der Waals surface area contributed by atoms with Gasteiger partial charge in [0.25, 0.3) is 5.91 Å². The van der Waals surface area contributed by atoms with Gasteiger partial charge in [0.15, 0.2) is 0 Å². The Hall–Kier alpha value is -2.66. The molecule has 1 amide bonds. The van der Waals surface area contributed by atoms with E-state index in [4.69, 9.17) is 4.74 Å². The molecule has 0 saturated heterocycles. The minimum Gasteiger partial charge on any atom is -0.486 e. The van der Waals surface area contributed by atoms with E-state index in [2.05, 4.69) is 11.1 Å². The quantitative estimate of drug-likeness (QED) is 0.707. The number of aromatic nitrogens is 1. The highest BCUT2D eigenvalue weighted by Crippen LogP contribution is 2.29. The molecule has 0 aliphatic carbocycles. The number of benzene rings is 2. The maximum Gasteiger partial charge on any atom is 0.258 e. The topological polar surface area (TPSA) is 42.4 Å². The molecule has 0 radical (unpaired) electrons. The van der Waals surface area contributed by atoms with Gasteiger partial charge in [-0.25, -0.2) is 4.98 Å². The fourth-order valence-electron chi connectivity index (χ4n) is 3.01. The minimum atomic E-state index is 0.0343. The maximum absolute atomic E-state index is 12.8. The smallest absolute Gasteiger partial charge is 0.258 e. The Labute approximate surface area is 150 Å². The summed E-state index contributed by atoms with van der Waals surface area (Å²) in [6, 6.07) is 15.4. The summed E-state index contributed by atoms with van der Waals surface area (Å²) >= 11 is 1.59. The molecular formula is C20H18N2O2S. The van der Waals surface area contributed by atoms with Crippen molar-refractivity contribution in [2.75, 3.05) is 11.4 Å². The summed E-state index contributed by atoms with van der Waals surface area (Å²) in [6.07, 6.45) is 0.913. The molecule has 5 heteroatoms. The number of fused-ring (bicyclic) bond motifs is 1. The number of para-hydroxylation sites is 1. The van der Waals surface area contributed by atoms with E-state index < -0.39 is 0 Å². The second-order valence-corrected chi connectivity index (χ2v) is 6.97. The Morgan fingerprint density at radius 1 is 1.20 bits per heavy atom. The number of hydrogen-bond acceptors (Lipinski definition) is 4. The number of hydrogen-bond donors (Lipinski definition) is 0. The fourth-order valence-corrected chi connectivity index (χ4v) is 3.70. The Bertz CT molecular complexity index is 902. The first kappa shape index (κ1) is 15.8. The summed E-state index contributed by atoms with van der Waals surface area (Å²) < 4.78 is 5.74. The van der Waals surface area contributed by atoms with Crippen LogP contribution in [-0.4, -0.2) is 17.4 Å². The number of aryl methyl sites for hydroxylation is 1. The maximum atomic E-state index is 12.8. The van der Waals surface area contributed by atoms with Crippen LogP contribution in [-0.2, 0) is 13.0 Å². The van der Waals surface area contributed by atoms with Crippen LogP contribution in [0.1, 0.15) is 26.6 Å². The monoisotopic (exact) mass is 350 g/mol. The van der Waals surface area contributed by atoms with Crippen LogP contribution in [0, 0.1) is 6.92 Å². The van der Waals surface area contributed by atoms with Crippen LogP contribution >= 0.6 is 11.3 Å². The molecule has 0 saturated carbocycles. The molecule has 0 unspecified atom stereocenters. The highest BCUT2D eigenvalue weighted by Gasteiger charge is 2.24. The first-order valence-corrected chi connectivity index (χ1v) is 9.12. The van der Waals surface area contributed by atoms with Crippen LogP contribution in [0.3, 0.4) is 0 Å². The van der Waals surface area contributed by atoms with Gasteiger partial charge in [-0.2, -0.15) is 0 Å². The van der Waals surface area contributed by atoms with Gasteiger partial charge < -0.3 is 9.64 Å². The number of rotatable bonds is 4. The van der Waals surface area contributed by atoms with E-state index in [1.165, 1.54) is 5.56 Å². The van der Waals surface area contributed by atoms with Crippen molar-refractivity contribution in [3.05, 3.63) is 75.7 Å². The average molecular weight is 350 g/mol. The van der Waals surface area contributed by atoms with Crippen molar-refractivity contribution in [1.29, 1.82) is 0 Å². The Morgan fingerprint density at radius 3 is 2.76 bits per heavy atom. The summed E-state index contributed by atoms with van der Waals surface area (Å²) in [5, 5.41) is 2.96. The summed E-state index contributed by atoms with van der Waals surface area (Å²) in [6.45, 7) is 3.15. The summed E-state index contributed by atoms with van der Waals surface area (Å²) in [7, 11) is 0. The molecular weight excluding hydrogens is 332 g/mol. The first-order valence-electron chi connectivity index (χ1n) is 8.24. The van der Waals surface area contributed by atoms with Crippen molar-refractivity contribution in [2.24, 2.45) is 0 Å². The standard InChI is InChI=1S/C20H18N2O2S/c1-14-13-25-19(21-14)12-24-17-8-6-16(7-9-17)20(23)22-11-10-15-4-2-3-5-18(15)22/h2-9,13H,10-12H2,1H3. The Balaban J connectivity index is 1.44. The predicted molar refractivity (Wildman–Crippen MR) is 99.4 cm³/mol. The number of anilines is 1. The van der Waals surface area contributed by atoms with E-state index in [0.717, 1.165) is 35.1 Å². The molecule has 0 N–H and O–H groups in total. The second kappa shape index (κ2) is 6.69. The lowest BCUT2D eigenvalue weighted by atomic mass is 10.1. The number of ether oxygens (including phenoxy) is 1. The molecule has 0 atom stereocenters. The molecule has 0 spiro atoms. The van der Waals surface area contributed by atoms with Crippen LogP contribution in [0.5, 0.6) is 5.75 Å². The molecule has 25 heavy (non-hydrogen) atoms. The molecule has 2 heterocycles. The summed E-state index contributed by atoms with van der Waals surface area (Å²) in [5.74, 6) is 0.776. The molecule has 4 rings (SSSR count). The number of thiazole rings is 1. The van der Waals surface area contributed by atoms with Crippen molar-refractivity contribution in [2.45, 2.75) is 20.0 Å². The van der Waals surface area contributed by atoms with E-state index >= 15 is 0 Å². The molecule has 1 aliphatic heterocycles. The molecule has 4 nitrogen and oxygen atoms in total. The van der Waals surface area contributed by atoms with Crippen LogP contribution in [0.2, 0.25) is 0 Å². The van der Waals surface area contributed by atoms with Gasteiger partial charge in [0.1, 0.15) is 17.4 Å². The average Bonchev–Trinajstić information content (AvgIpc) is 3.26. The van der Waals surface area contributed by atoms with E-state index in [9.17, 15) is 4.79 Å². The third kappa shape index (κ3) is 3.28. The van der Waals surface area contributed by atoms with Gasteiger partial charge in [0, 0.05) is 28.9 Å². The summed E-state index contributed by atoms with van der Waals surface area (Å²) in [4.78, 5) is 19.0. The predicted octanol–water partition coefficient (Wildman–Crippen LogP) is 4.23. The zero-order valence-electron chi connectivity index (χ0n) is 13.9. The molecule has 0 bridgehead atoms. The Morgan fingerprint density at radius 2 is 2.00 bits per heavy atom. The van der Waals surface area contributed by atoms with Crippen molar-refractivity contribution in [3.63, 3.8) is 0 Å². The first-order chi connectivity index (χ1) is 12.2. The lowest BCUT2D eigenvalue weighted by Crippen LogP contribution is -2.28.